The number of benzene rings is 1. The molecule has 3 rings (SSSR count). The number of thiophene rings is 1. The van der Waals surface area contributed by atoms with Gasteiger partial charge in [0.15, 0.2) is 4.34 Å². The van der Waals surface area contributed by atoms with E-state index in [4.69, 9.17) is 0 Å². The Kier molecular flexibility index (Phi) is 6.02. The van der Waals surface area contributed by atoms with Crippen molar-refractivity contribution in [1.29, 1.82) is 0 Å². The van der Waals surface area contributed by atoms with Crippen LogP contribution in [0.4, 0.5) is 10.8 Å². The van der Waals surface area contributed by atoms with Gasteiger partial charge in [0, 0.05) is 5.69 Å². The molecule has 2 aromatic heterocycles. The summed E-state index contributed by atoms with van der Waals surface area (Å²) in [6.45, 7) is 4.12. The Balaban J connectivity index is 1.51. The highest BCUT2D eigenvalue weighted by Crippen LogP contribution is 2.28. The number of hydrogen-bond donors (Lipinski definition) is 2. The zero-order valence-electron chi connectivity index (χ0n) is 14.1. The number of carbonyl (C=O) groups is 2. The van der Waals surface area contributed by atoms with Crippen LogP contribution in [0.3, 0.4) is 0 Å². The van der Waals surface area contributed by atoms with Crippen LogP contribution in [-0.4, -0.2) is 27.8 Å². The minimum absolute atomic E-state index is 0.107. The van der Waals surface area contributed by atoms with Gasteiger partial charge < -0.3 is 5.32 Å². The quantitative estimate of drug-likeness (QED) is 0.604. The topological polar surface area (TPSA) is 84.0 Å². The molecule has 0 saturated carbocycles. The van der Waals surface area contributed by atoms with E-state index in [1.807, 2.05) is 18.2 Å². The first kappa shape index (κ1) is 18.6. The molecule has 0 aliphatic heterocycles. The van der Waals surface area contributed by atoms with E-state index in [1.165, 1.54) is 45.6 Å². The van der Waals surface area contributed by atoms with Crippen LogP contribution in [0.25, 0.3) is 0 Å². The Bertz CT molecular complexity index is 922. The van der Waals surface area contributed by atoms with Gasteiger partial charge in [-0.15, -0.1) is 21.5 Å². The summed E-state index contributed by atoms with van der Waals surface area (Å²) >= 11 is 3.91. The minimum atomic E-state index is -0.375. The second-order valence-electron chi connectivity index (χ2n) is 5.44. The van der Waals surface area contributed by atoms with Gasteiger partial charge in [0.2, 0.25) is 11.0 Å². The molecule has 0 aliphatic carbocycles. The fraction of sp³-hybridized carbons (Fsp3) is 0.176. The van der Waals surface area contributed by atoms with Crippen molar-refractivity contribution in [3.63, 3.8) is 0 Å². The van der Waals surface area contributed by atoms with Crippen LogP contribution in [0, 0.1) is 13.8 Å². The lowest BCUT2D eigenvalue weighted by Gasteiger charge is -2.05. The number of nitrogens with one attached hydrogen (secondary N) is 2. The second kappa shape index (κ2) is 8.43. The number of carbonyl (C=O) groups excluding carboxylic acids is 2. The van der Waals surface area contributed by atoms with E-state index in [2.05, 4.69) is 34.7 Å². The molecule has 3 aromatic rings. The predicted octanol–water partition coefficient (Wildman–Crippen LogP) is 4.01. The lowest BCUT2D eigenvalue weighted by atomic mass is 10.1. The normalized spacial score (nSPS) is 10.5. The van der Waals surface area contributed by atoms with Crippen LogP contribution in [0.5, 0.6) is 0 Å². The molecule has 6 nitrogen and oxygen atoms in total. The van der Waals surface area contributed by atoms with Crippen molar-refractivity contribution in [1.82, 2.24) is 15.5 Å². The summed E-state index contributed by atoms with van der Waals surface area (Å²) < 4.78 is 0.662. The van der Waals surface area contributed by atoms with Crippen molar-refractivity contribution in [2.45, 2.75) is 18.2 Å². The Hall–Kier alpha value is -2.23. The summed E-state index contributed by atoms with van der Waals surface area (Å²) in [4.78, 5) is 24.2. The van der Waals surface area contributed by atoms with E-state index in [9.17, 15) is 9.59 Å². The first-order valence-corrected chi connectivity index (χ1v) is 10.4. The van der Waals surface area contributed by atoms with Gasteiger partial charge in [-0.2, -0.15) is 0 Å². The summed E-state index contributed by atoms with van der Waals surface area (Å²) in [6.07, 6.45) is 0. The highest BCUT2D eigenvalue weighted by atomic mass is 32.2. The van der Waals surface area contributed by atoms with Gasteiger partial charge in [0.05, 0.1) is 10.6 Å². The van der Waals surface area contributed by atoms with Crippen LogP contribution in [0.15, 0.2) is 40.1 Å². The zero-order valence-corrected chi connectivity index (χ0v) is 16.6. The Morgan fingerprint density at radius 1 is 1.15 bits per heavy atom. The lowest BCUT2D eigenvalue weighted by Crippen LogP contribution is -2.31. The molecule has 0 saturated heterocycles. The Morgan fingerprint density at radius 2 is 2.00 bits per heavy atom. The van der Waals surface area contributed by atoms with Crippen molar-refractivity contribution in [3.8, 4) is 0 Å². The number of hydrogen-bond acceptors (Lipinski definition) is 8. The van der Waals surface area contributed by atoms with Crippen molar-refractivity contribution in [2.24, 2.45) is 0 Å². The maximum absolute atomic E-state index is 11.9. The van der Waals surface area contributed by atoms with Crippen molar-refractivity contribution >= 4 is 57.1 Å². The molecule has 0 radical (unpaired) electrons. The standard InChI is InChI=1S/C17H16N4O2S3/c1-10-5-6-12(8-11(10)2)18-16-20-21-17(26-16)25-9-14(22)19-15(23)13-4-3-7-24-13/h3-8H,9H2,1-2H3,(H,18,20)(H,19,22,23). The number of thioether (sulfide) groups is 1. The molecule has 0 atom stereocenters. The molecule has 9 heteroatoms. The number of amides is 2. The average molecular weight is 405 g/mol. The van der Waals surface area contributed by atoms with Gasteiger partial charge in [0.25, 0.3) is 5.91 Å². The highest BCUT2D eigenvalue weighted by molar-refractivity contribution is 8.01. The van der Waals surface area contributed by atoms with Gasteiger partial charge in [-0.25, -0.2) is 0 Å². The summed E-state index contributed by atoms with van der Waals surface area (Å²) in [5.74, 6) is -0.623. The van der Waals surface area contributed by atoms with E-state index in [0.717, 1.165) is 5.69 Å². The Morgan fingerprint density at radius 3 is 2.73 bits per heavy atom. The third kappa shape index (κ3) is 4.90. The largest absolute Gasteiger partial charge is 0.330 e. The molecule has 0 fully saturated rings. The molecule has 2 N–H and O–H groups in total. The molecular formula is C17H16N4O2S3. The van der Waals surface area contributed by atoms with Crippen molar-refractivity contribution < 1.29 is 9.59 Å². The third-order valence-electron chi connectivity index (χ3n) is 3.49. The van der Waals surface area contributed by atoms with Crippen molar-refractivity contribution in [2.75, 3.05) is 11.1 Å². The summed E-state index contributed by atoms with van der Waals surface area (Å²) in [5.41, 5.74) is 3.37. The van der Waals surface area contributed by atoms with Crippen LogP contribution in [0.2, 0.25) is 0 Å². The third-order valence-corrected chi connectivity index (χ3v) is 6.33. The SMILES string of the molecule is Cc1ccc(Nc2nnc(SCC(=O)NC(=O)c3cccs3)s2)cc1C. The fourth-order valence-electron chi connectivity index (χ4n) is 2.02. The minimum Gasteiger partial charge on any atom is -0.330 e. The first-order valence-electron chi connectivity index (χ1n) is 7.69. The summed E-state index contributed by atoms with van der Waals surface area (Å²) in [7, 11) is 0. The van der Waals surface area contributed by atoms with Gasteiger partial charge in [-0.1, -0.05) is 35.2 Å². The molecule has 26 heavy (non-hydrogen) atoms. The maximum atomic E-state index is 11.9. The molecular weight excluding hydrogens is 388 g/mol. The number of imide groups is 1. The lowest BCUT2D eigenvalue weighted by molar-refractivity contribution is -0.117. The number of aromatic nitrogens is 2. The summed E-state index contributed by atoms with van der Waals surface area (Å²) in [6, 6.07) is 9.52. The van der Waals surface area contributed by atoms with Gasteiger partial charge in [-0.05, 0) is 48.6 Å². The molecule has 134 valence electrons. The van der Waals surface area contributed by atoms with Crippen LogP contribution in [0.1, 0.15) is 20.8 Å². The number of nitrogens with zero attached hydrogens (tertiary/aromatic N) is 2. The van der Waals surface area contributed by atoms with E-state index < -0.39 is 0 Å². The molecule has 0 bridgehead atoms. The molecule has 0 unspecified atom stereocenters. The maximum Gasteiger partial charge on any atom is 0.267 e. The number of aryl methyl sites for hydroxylation is 2. The predicted molar refractivity (Wildman–Crippen MR) is 107 cm³/mol. The highest BCUT2D eigenvalue weighted by Gasteiger charge is 2.13. The molecule has 0 spiro atoms. The molecule has 1 aromatic carbocycles. The van der Waals surface area contributed by atoms with E-state index in [0.29, 0.717) is 14.3 Å². The van der Waals surface area contributed by atoms with E-state index >= 15 is 0 Å². The molecule has 2 amide bonds. The van der Waals surface area contributed by atoms with Gasteiger partial charge >= 0.3 is 0 Å². The van der Waals surface area contributed by atoms with Gasteiger partial charge in [-0.3, -0.25) is 14.9 Å². The van der Waals surface area contributed by atoms with E-state index in [-0.39, 0.29) is 17.6 Å². The Labute approximate surface area is 163 Å². The van der Waals surface area contributed by atoms with Crippen LogP contribution in [-0.2, 0) is 4.79 Å². The van der Waals surface area contributed by atoms with Crippen LogP contribution < -0.4 is 10.6 Å². The monoisotopic (exact) mass is 404 g/mol. The van der Waals surface area contributed by atoms with Crippen LogP contribution >= 0.6 is 34.4 Å². The second-order valence-corrected chi connectivity index (χ2v) is 8.59. The van der Waals surface area contributed by atoms with Gasteiger partial charge in [0.1, 0.15) is 0 Å². The number of anilines is 2. The van der Waals surface area contributed by atoms with Crippen molar-refractivity contribution in [3.05, 3.63) is 51.7 Å². The number of rotatable bonds is 6. The summed E-state index contributed by atoms with van der Waals surface area (Å²) in [5, 5.41) is 16.2. The zero-order chi connectivity index (χ0) is 18.5. The first-order chi connectivity index (χ1) is 12.5. The average Bonchev–Trinajstić information content (AvgIpc) is 3.28. The molecule has 2 heterocycles. The molecule has 0 aliphatic rings. The fourth-order valence-corrected chi connectivity index (χ4v) is 4.21. The smallest absolute Gasteiger partial charge is 0.267 e. The van der Waals surface area contributed by atoms with E-state index in [1.54, 1.807) is 17.5 Å².